The van der Waals surface area contributed by atoms with Gasteiger partial charge in [0.05, 0.1) is 39.0 Å². The van der Waals surface area contributed by atoms with Crippen molar-refractivity contribution in [1.82, 2.24) is 4.90 Å². The molecule has 28 heavy (non-hydrogen) atoms. The second kappa shape index (κ2) is 6.91. The third kappa shape index (κ3) is 2.57. The first-order valence-corrected chi connectivity index (χ1v) is 9.21. The van der Waals surface area contributed by atoms with Gasteiger partial charge in [-0.1, -0.05) is 24.3 Å². The first-order valence-electron chi connectivity index (χ1n) is 8.80. The Morgan fingerprint density at radius 2 is 1.61 bits per heavy atom. The average molecular weight is 396 g/mol. The highest BCUT2D eigenvalue weighted by atomic mass is 32.1. The lowest BCUT2D eigenvalue weighted by atomic mass is 9.86. The van der Waals surface area contributed by atoms with Crippen LogP contribution in [0.3, 0.4) is 0 Å². The van der Waals surface area contributed by atoms with Gasteiger partial charge in [-0.15, -0.1) is 0 Å². The maximum Gasteiger partial charge on any atom is 0.203 e. The molecule has 0 N–H and O–H groups in total. The van der Waals surface area contributed by atoms with Crippen molar-refractivity contribution in [2.24, 2.45) is 10.9 Å². The van der Waals surface area contributed by atoms with Crippen LogP contribution in [0.25, 0.3) is 0 Å². The van der Waals surface area contributed by atoms with Crippen molar-refractivity contribution >= 4 is 28.8 Å². The maximum atomic E-state index is 13.3. The zero-order valence-electron chi connectivity index (χ0n) is 16.1. The fraction of sp³-hybridized carbons (Fsp3) is 0.286. The Bertz CT molecular complexity index is 992. The number of fused-ring (bicyclic) bond motifs is 3. The van der Waals surface area contributed by atoms with Gasteiger partial charge in [-0.3, -0.25) is 4.79 Å². The van der Waals surface area contributed by atoms with Crippen LogP contribution in [0, 0.1) is 5.92 Å². The van der Waals surface area contributed by atoms with Gasteiger partial charge >= 0.3 is 0 Å². The molecule has 0 aromatic heterocycles. The number of benzene rings is 2. The quantitative estimate of drug-likeness (QED) is 0.739. The molecular weight excluding hydrogens is 376 g/mol. The molecule has 7 heteroatoms. The second-order valence-corrected chi connectivity index (χ2v) is 7.05. The second-order valence-electron chi connectivity index (χ2n) is 6.68. The fourth-order valence-corrected chi connectivity index (χ4v) is 4.23. The maximum absolute atomic E-state index is 13.3. The Hall–Kier alpha value is -2.93. The molecule has 2 aromatic carbocycles. The largest absolute Gasteiger partial charge is 0.493 e. The van der Waals surface area contributed by atoms with Crippen molar-refractivity contribution in [1.29, 1.82) is 0 Å². The molecule has 1 aliphatic carbocycles. The molecule has 0 spiro atoms. The van der Waals surface area contributed by atoms with Crippen molar-refractivity contribution in [2.75, 3.05) is 28.4 Å². The van der Waals surface area contributed by atoms with Crippen molar-refractivity contribution in [2.45, 2.75) is 6.04 Å². The number of carbonyl (C=O) groups excluding carboxylic acids is 1. The van der Waals surface area contributed by atoms with Gasteiger partial charge < -0.3 is 19.1 Å². The number of hydrogen-bond donors (Lipinski definition) is 0. The smallest absolute Gasteiger partial charge is 0.203 e. The summed E-state index contributed by atoms with van der Waals surface area (Å²) in [5.74, 6) is 1.16. The highest BCUT2D eigenvalue weighted by Gasteiger charge is 2.47. The number of nitrogens with zero attached hydrogens (tertiary/aromatic N) is 2. The summed E-state index contributed by atoms with van der Waals surface area (Å²) in [6.45, 7) is 0. The van der Waals surface area contributed by atoms with Crippen molar-refractivity contribution in [3.63, 3.8) is 0 Å². The summed E-state index contributed by atoms with van der Waals surface area (Å²) in [6.07, 6.45) is 0. The zero-order valence-corrected chi connectivity index (χ0v) is 16.9. The number of Topliss-reactive ketones (excluding diaryl/α,β-unsaturated/α-hetero) is 1. The predicted molar refractivity (Wildman–Crippen MR) is 110 cm³/mol. The molecule has 0 amide bonds. The first-order chi connectivity index (χ1) is 13.5. The van der Waals surface area contributed by atoms with Crippen LogP contribution < -0.4 is 14.2 Å². The van der Waals surface area contributed by atoms with E-state index in [1.54, 1.807) is 21.3 Å². The molecule has 144 valence electrons. The van der Waals surface area contributed by atoms with E-state index in [0.717, 1.165) is 16.8 Å². The number of rotatable bonds is 4. The van der Waals surface area contributed by atoms with Crippen LogP contribution in [-0.2, 0) is 0 Å². The fourth-order valence-electron chi connectivity index (χ4n) is 4.02. The number of ketones is 1. The lowest BCUT2D eigenvalue weighted by Gasteiger charge is -2.37. The Balaban J connectivity index is 1.90. The molecule has 0 fully saturated rings. The van der Waals surface area contributed by atoms with Gasteiger partial charge in [0.15, 0.2) is 22.4 Å². The van der Waals surface area contributed by atoms with Crippen LogP contribution in [0.15, 0.2) is 41.4 Å². The topological polar surface area (TPSA) is 60.4 Å². The van der Waals surface area contributed by atoms with Gasteiger partial charge in [0, 0.05) is 18.2 Å². The minimum absolute atomic E-state index is 0.0439. The van der Waals surface area contributed by atoms with E-state index >= 15 is 0 Å². The molecule has 0 saturated carbocycles. The zero-order chi connectivity index (χ0) is 20.0. The minimum Gasteiger partial charge on any atom is -0.493 e. The summed E-state index contributed by atoms with van der Waals surface area (Å²) in [6, 6.07) is 10.9. The van der Waals surface area contributed by atoms with Gasteiger partial charge in [-0.25, -0.2) is 4.99 Å². The average Bonchev–Trinajstić information content (AvgIpc) is 2.99. The summed E-state index contributed by atoms with van der Waals surface area (Å²) in [7, 11) is 6.55. The normalized spacial score (nSPS) is 20.4. The van der Waals surface area contributed by atoms with Gasteiger partial charge in [0.1, 0.15) is 0 Å². The molecule has 0 saturated heterocycles. The Morgan fingerprint density at radius 1 is 1.00 bits per heavy atom. The number of ether oxygens (including phenoxy) is 3. The molecule has 1 aliphatic heterocycles. The monoisotopic (exact) mass is 396 g/mol. The van der Waals surface area contributed by atoms with E-state index in [1.807, 2.05) is 48.3 Å². The van der Waals surface area contributed by atoms with Crippen molar-refractivity contribution < 1.29 is 19.0 Å². The van der Waals surface area contributed by atoms with Gasteiger partial charge in [0.2, 0.25) is 5.75 Å². The molecule has 6 nitrogen and oxygen atoms in total. The molecule has 1 heterocycles. The standard InChI is InChI=1S/C21H20N2O4S/c1-23-18(11-9-14(25-2)20(27-4)15(10-11)26-3)16-17(22-21(23)28)12-7-5-6-8-13(12)19(16)24/h5-10,16,18H,1-4H3. The number of methoxy groups -OCH3 is 3. The van der Waals surface area contributed by atoms with Gasteiger partial charge in [-0.2, -0.15) is 0 Å². The van der Waals surface area contributed by atoms with Crippen LogP contribution in [0.2, 0.25) is 0 Å². The summed E-state index contributed by atoms with van der Waals surface area (Å²) in [4.78, 5) is 19.7. The molecule has 0 radical (unpaired) electrons. The molecule has 4 rings (SSSR count). The van der Waals surface area contributed by atoms with Crippen LogP contribution in [0.4, 0.5) is 0 Å². The third-order valence-corrected chi connectivity index (χ3v) is 5.70. The van der Waals surface area contributed by atoms with E-state index in [1.165, 1.54) is 0 Å². The highest BCUT2D eigenvalue weighted by Crippen LogP contribution is 2.46. The third-order valence-electron chi connectivity index (χ3n) is 5.32. The van der Waals surface area contributed by atoms with Gasteiger partial charge in [-0.05, 0) is 29.9 Å². The van der Waals surface area contributed by atoms with Crippen LogP contribution >= 0.6 is 12.2 Å². The van der Waals surface area contributed by atoms with E-state index < -0.39 is 5.92 Å². The molecule has 0 bridgehead atoms. The summed E-state index contributed by atoms with van der Waals surface area (Å²) >= 11 is 5.51. The van der Waals surface area contributed by atoms with Crippen LogP contribution in [0.5, 0.6) is 17.2 Å². The molecule has 2 unspecified atom stereocenters. The van der Waals surface area contributed by atoms with E-state index in [9.17, 15) is 4.79 Å². The Kier molecular flexibility index (Phi) is 4.55. The highest BCUT2D eigenvalue weighted by molar-refractivity contribution is 7.80. The van der Waals surface area contributed by atoms with E-state index in [2.05, 4.69) is 4.99 Å². The SMILES string of the molecule is COc1cc(C2C3C(=O)c4ccccc4C3=NC(=S)N2C)cc(OC)c1OC. The lowest BCUT2D eigenvalue weighted by molar-refractivity contribution is 0.0918. The lowest BCUT2D eigenvalue weighted by Crippen LogP contribution is -2.42. The van der Waals surface area contributed by atoms with Gasteiger partial charge in [0.25, 0.3) is 0 Å². The molecule has 2 atom stereocenters. The molecule has 2 aliphatic rings. The number of thiocarbonyl (C=S) groups is 1. The number of aliphatic imine (C=N–C) groups is 1. The van der Waals surface area contributed by atoms with Crippen molar-refractivity contribution in [3.05, 3.63) is 53.1 Å². The first kappa shape index (κ1) is 18.4. The Morgan fingerprint density at radius 3 is 2.18 bits per heavy atom. The van der Waals surface area contributed by atoms with Crippen molar-refractivity contribution in [3.8, 4) is 17.2 Å². The summed E-state index contributed by atoms with van der Waals surface area (Å²) < 4.78 is 16.4. The van der Waals surface area contributed by atoms with Crippen LogP contribution in [-0.4, -0.2) is 49.9 Å². The van der Waals surface area contributed by atoms with E-state index in [4.69, 9.17) is 26.4 Å². The predicted octanol–water partition coefficient (Wildman–Crippen LogP) is 3.29. The number of hydrogen-bond acceptors (Lipinski definition) is 5. The van der Waals surface area contributed by atoms with E-state index in [0.29, 0.717) is 27.9 Å². The number of carbonyl (C=O) groups is 1. The van der Waals surface area contributed by atoms with E-state index in [-0.39, 0.29) is 11.8 Å². The Labute approximate surface area is 168 Å². The van der Waals surface area contributed by atoms with Crippen LogP contribution in [0.1, 0.15) is 27.5 Å². The summed E-state index contributed by atoms with van der Waals surface area (Å²) in [5, 5.41) is 0.439. The molecular formula is C21H20N2O4S. The molecule has 2 aromatic rings. The minimum atomic E-state index is -0.447. The summed E-state index contributed by atoms with van der Waals surface area (Å²) in [5.41, 5.74) is 3.10.